The van der Waals surface area contributed by atoms with E-state index in [-0.39, 0.29) is 18.5 Å². The first-order chi connectivity index (χ1) is 12.6. The number of carbonyl (C=O) groups is 2. The minimum atomic E-state index is -0.509. The molecule has 0 aliphatic carbocycles. The summed E-state index contributed by atoms with van der Waals surface area (Å²) in [6.45, 7) is 1.65. The highest BCUT2D eigenvalue weighted by Crippen LogP contribution is 2.27. The molecule has 0 aliphatic heterocycles. The molecule has 132 valence electrons. The van der Waals surface area contributed by atoms with Crippen molar-refractivity contribution in [1.82, 2.24) is 0 Å². The number of rotatable bonds is 5. The Kier molecular flexibility index (Phi) is 5.43. The molecule has 0 aliphatic rings. The van der Waals surface area contributed by atoms with Crippen LogP contribution >= 0.6 is 11.3 Å². The standard InChI is InChI=1S/C20H16O5S/c1-2-5-18(21)24-11-10-19(22)25-13-8-9-15-17(12-13)26-16-7-4-3-6-14(16)20(15)23/h2-9,12H,10-11H2,1H3. The second-order valence-corrected chi connectivity index (χ2v) is 6.56. The maximum atomic E-state index is 12.5. The van der Waals surface area contributed by atoms with E-state index in [4.69, 9.17) is 9.47 Å². The summed E-state index contributed by atoms with van der Waals surface area (Å²) in [6.07, 6.45) is 2.79. The molecule has 0 saturated carbocycles. The lowest BCUT2D eigenvalue weighted by atomic mass is 10.2. The van der Waals surface area contributed by atoms with Crippen LogP contribution in [0.15, 0.2) is 59.4 Å². The highest BCUT2D eigenvalue weighted by molar-refractivity contribution is 7.24. The van der Waals surface area contributed by atoms with Gasteiger partial charge in [-0.15, -0.1) is 11.3 Å². The van der Waals surface area contributed by atoms with E-state index in [1.165, 1.54) is 17.4 Å². The summed E-state index contributed by atoms with van der Waals surface area (Å²) in [7, 11) is 0. The van der Waals surface area contributed by atoms with Crippen LogP contribution in [0.2, 0.25) is 0 Å². The summed E-state index contributed by atoms with van der Waals surface area (Å²) in [5.41, 5.74) is -0.0388. The summed E-state index contributed by atoms with van der Waals surface area (Å²) in [5, 5.41) is 1.27. The van der Waals surface area contributed by atoms with E-state index >= 15 is 0 Å². The molecular weight excluding hydrogens is 352 g/mol. The number of allylic oxidation sites excluding steroid dienone is 1. The number of ether oxygens (including phenoxy) is 2. The summed E-state index contributed by atoms with van der Waals surface area (Å²) >= 11 is 1.47. The van der Waals surface area contributed by atoms with Crippen molar-refractivity contribution in [2.75, 3.05) is 6.61 Å². The van der Waals surface area contributed by atoms with Crippen molar-refractivity contribution >= 4 is 43.4 Å². The Hall–Kier alpha value is -2.99. The van der Waals surface area contributed by atoms with Gasteiger partial charge in [-0.3, -0.25) is 9.59 Å². The summed E-state index contributed by atoms with van der Waals surface area (Å²) in [5.74, 6) is -0.651. The Bertz CT molecular complexity index is 1060. The van der Waals surface area contributed by atoms with Crippen LogP contribution in [0.1, 0.15) is 13.3 Å². The highest BCUT2D eigenvalue weighted by Gasteiger charge is 2.10. The summed E-state index contributed by atoms with van der Waals surface area (Å²) < 4.78 is 11.8. The number of hydrogen-bond donors (Lipinski definition) is 0. The molecule has 0 amide bonds. The quantitative estimate of drug-likeness (QED) is 0.296. The largest absolute Gasteiger partial charge is 0.462 e. The molecule has 0 radical (unpaired) electrons. The van der Waals surface area contributed by atoms with E-state index in [1.54, 1.807) is 37.3 Å². The minimum Gasteiger partial charge on any atom is -0.462 e. The zero-order chi connectivity index (χ0) is 18.5. The van der Waals surface area contributed by atoms with Gasteiger partial charge in [0.1, 0.15) is 12.4 Å². The van der Waals surface area contributed by atoms with Crippen LogP contribution in [-0.4, -0.2) is 18.5 Å². The van der Waals surface area contributed by atoms with Crippen LogP contribution in [0.5, 0.6) is 5.75 Å². The molecule has 3 aromatic rings. The third-order valence-corrected chi connectivity index (χ3v) is 4.77. The fourth-order valence-corrected chi connectivity index (χ4v) is 3.55. The van der Waals surface area contributed by atoms with Gasteiger partial charge in [-0.2, -0.15) is 0 Å². The Labute approximate surface area is 153 Å². The maximum absolute atomic E-state index is 12.5. The van der Waals surface area contributed by atoms with Crippen molar-refractivity contribution in [3.63, 3.8) is 0 Å². The first kappa shape index (κ1) is 17.8. The molecule has 1 aromatic heterocycles. The van der Waals surface area contributed by atoms with Gasteiger partial charge in [0, 0.05) is 26.2 Å². The van der Waals surface area contributed by atoms with Crippen molar-refractivity contribution in [1.29, 1.82) is 0 Å². The van der Waals surface area contributed by atoms with Gasteiger partial charge in [0.2, 0.25) is 0 Å². The topological polar surface area (TPSA) is 69.7 Å². The van der Waals surface area contributed by atoms with Crippen molar-refractivity contribution in [2.45, 2.75) is 13.3 Å². The van der Waals surface area contributed by atoms with Crippen molar-refractivity contribution in [2.24, 2.45) is 0 Å². The number of carbonyl (C=O) groups excluding carboxylic acids is 2. The lowest BCUT2D eigenvalue weighted by molar-refractivity contribution is -0.141. The molecule has 6 heteroatoms. The molecule has 0 atom stereocenters. The number of benzene rings is 2. The highest BCUT2D eigenvalue weighted by atomic mass is 32.1. The first-order valence-corrected chi connectivity index (χ1v) is 8.86. The van der Waals surface area contributed by atoms with Crippen LogP contribution in [0.3, 0.4) is 0 Å². The fourth-order valence-electron chi connectivity index (χ4n) is 2.45. The Balaban J connectivity index is 1.75. The summed E-state index contributed by atoms with van der Waals surface area (Å²) in [4.78, 5) is 35.6. The number of fused-ring (bicyclic) bond motifs is 2. The lowest BCUT2D eigenvalue weighted by Gasteiger charge is -2.06. The van der Waals surface area contributed by atoms with Gasteiger partial charge in [0.15, 0.2) is 5.43 Å². The SMILES string of the molecule is CC=CC(=O)OCCC(=O)Oc1ccc2c(=O)c3ccccc3sc2c1. The molecule has 0 saturated heterocycles. The first-order valence-electron chi connectivity index (χ1n) is 8.04. The van der Waals surface area contributed by atoms with Crippen molar-refractivity contribution in [3.8, 4) is 5.75 Å². The van der Waals surface area contributed by atoms with Gasteiger partial charge >= 0.3 is 11.9 Å². The van der Waals surface area contributed by atoms with E-state index in [0.717, 1.165) is 9.40 Å². The monoisotopic (exact) mass is 368 g/mol. The van der Waals surface area contributed by atoms with E-state index in [2.05, 4.69) is 0 Å². The lowest BCUT2D eigenvalue weighted by Crippen LogP contribution is -2.13. The third-order valence-electron chi connectivity index (χ3n) is 3.63. The summed E-state index contributed by atoms with van der Waals surface area (Å²) in [6, 6.07) is 12.3. The number of hydrogen-bond acceptors (Lipinski definition) is 6. The second-order valence-electron chi connectivity index (χ2n) is 5.48. The predicted molar refractivity (Wildman–Crippen MR) is 102 cm³/mol. The van der Waals surface area contributed by atoms with E-state index in [0.29, 0.717) is 16.5 Å². The zero-order valence-corrected chi connectivity index (χ0v) is 14.9. The normalized spacial score (nSPS) is 11.1. The minimum absolute atomic E-state index is 0.0388. The third kappa shape index (κ3) is 3.97. The molecule has 0 spiro atoms. The van der Waals surface area contributed by atoms with Crippen molar-refractivity contribution in [3.05, 3.63) is 64.8 Å². The second kappa shape index (κ2) is 7.93. The molecule has 0 N–H and O–H groups in total. The Morgan fingerprint density at radius 2 is 1.85 bits per heavy atom. The molecule has 1 heterocycles. The van der Waals surface area contributed by atoms with Crippen LogP contribution in [0, 0.1) is 0 Å². The zero-order valence-electron chi connectivity index (χ0n) is 14.1. The predicted octanol–water partition coefficient (Wildman–Crippen LogP) is 3.83. The molecule has 0 fully saturated rings. The smallest absolute Gasteiger partial charge is 0.330 e. The van der Waals surface area contributed by atoms with E-state index < -0.39 is 11.9 Å². The molecular formula is C20H16O5S. The Morgan fingerprint density at radius 3 is 2.65 bits per heavy atom. The fraction of sp³-hybridized carbons (Fsp3) is 0.150. The average Bonchev–Trinajstić information content (AvgIpc) is 2.62. The molecule has 2 aromatic carbocycles. The van der Waals surface area contributed by atoms with E-state index in [9.17, 15) is 14.4 Å². The maximum Gasteiger partial charge on any atom is 0.330 e. The number of esters is 2. The van der Waals surface area contributed by atoms with Crippen LogP contribution < -0.4 is 10.2 Å². The molecule has 5 nitrogen and oxygen atoms in total. The van der Waals surface area contributed by atoms with Crippen LogP contribution in [-0.2, 0) is 14.3 Å². The van der Waals surface area contributed by atoms with Crippen molar-refractivity contribution < 1.29 is 19.1 Å². The molecule has 3 rings (SSSR count). The van der Waals surface area contributed by atoms with Gasteiger partial charge in [-0.05, 0) is 37.3 Å². The van der Waals surface area contributed by atoms with Gasteiger partial charge in [-0.25, -0.2) is 4.79 Å². The van der Waals surface area contributed by atoms with E-state index in [1.807, 2.05) is 18.2 Å². The molecule has 0 bridgehead atoms. The van der Waals surface area contributed by atoms with Gasteiger partial charge in [0.25, 0.3) is 0 Å². The molecule has 0 unspecified atom stereocenters. The van der Waals surface area contributed by atoms with Gasteiger partial charge in [0.05, 0.1) is 6.42 Å². The van der Waals surface area contributed by atoms with Gasteiger partial charge < -0.3 is 9.47 Å². The Morgan fingerprint density at radius 1 is 1.08 bits per heavy atom. The van der Waals surface area contributed by atoms with Crippen LogP contribution in [0.4, 0.5) is 0 Å². The van der Waals surface area contributed by atoms with Crippen LogP contribution in [0.25, 0.3) is 20.2 Å². The average molecular weight is 368 g/mol. The molecule has 26 heavy (non-hydrogen) atoms. The van der Waals surface area contributed by atoms with Gasteiger partial charge in [-0.1, -0.05) is 18.2 Å².